The van der Waals surface area contributed by atoms with Crippen molar-refractivity contribution in [2.45, 2.75) is 25.7 Å². The molecule has 0 fully saturated rings. The second kappa shape index (κ2) is 6.97. The Balaban J connectivity index is 2.14. The standard InChI is InChI=1S/C20H22FN3/c1-14(2)19-12-20(24(23-19)17-9-4-3-5-10-17)18(13-22)15-7-6-8-16(21)11-15/h3-12,14,18H,13,22H2,1-2H3. The lowest BCUT2D eigenvalue weighted by atomic mass is 9.94. The maximum absolute atomic E-state index is 13.7. The van der Waals surface area contributed by atoms with Gasteiger partial charge in [-0.2, -0.15) is 5.10 Å². The lowest BCUT2D eigenvalue weighted by Crippen LogP contribution is -2.17. The summed E-state index contributed by atoms with van der Waals surface area (Å²) in [6.07, 6.45) is 0. The van der Waals surface area contributed by atoms with Gasteiger partial charge in [-0.3, -0.25) is 0 Å². The van der Waals surface area contributed by atoms with Gasteiger partial charge in [0.05, 0.1) is 17.1 Å². The molecule has 24 heavy (non-hydrogen) atoms. The van der Waals surface area contributed by atoms with Gasteiger partial charge in [-0.1, -0.05) is 44.2 Å². The van der Waals surface area contributed by atoms with Crippen molar-refractivity contribution >= 4 is 0 Å². The van der Waals surface area contributed by atoms with Crippen LogP contribution in [0, 0.1) is 5.82 Å². The van der Waals surface area contributed by atoms with Crippen LogP contribution in [0.2, 0.25) is 0 Å². The van der Waals surface area contributed by atoms with Crippen molar-refractivity contribution in [3.05, 3.63) is 83.4 Å². The highest BCUT2D eigenvalue weighted by Crippen LogP contribution is 2.29. The molecule has 0 radical (unpaired) electrons. The van der Waals surface area contributed by atoms with E-state index in [1.807, 2.05) is 41.1 Å². The molecule has 3 rings (SSSR count). The van der Waals surface area contributed by atoms with Crippen molar-refractivity contribution in [2.24, 2.45) is 5.73 Å². The zero-order valence-corrected chi connectivity index (χ0v) is 14.0. The van der Waals surface area contributed by atoms with Gasteiger partial charge < -0.3 is 5.73 Å². The van der Waals surface area contributed by atoms with E-state index in [0.29, 0.717) is 12.5 Å². The average Bonchev–Trinajstić information content (AvgIpc) is 3.02. The van der Waals surface area contributed by atoms with E-state index in [2.05, 4.69) is 19.9 Å². The number of para-hydroxylation sites is 1. The van der Waals surface area contributed by atoms with Crippen molar-refractivity contribution in [2.75, 3.05) is 6.54 Å². The highest BCUT2D eigenvalue weighted by atomic mass is 19.1. The molecule has 0 saturated carbocycles. The van der Waals surface area contributed by atoms with E-state index in [9.17, 15) is 4.39 Å². The van der Waals surface area contributed by atoms with Gasteiger partial charge >= 0.3 is 0 Å². The van der Waals surface area contributed by atoms with Gasteiger partial charge in [-0.25, -0.2) is 9.07 Å². The Bertz CT molecular complexity index is 809. The summed E-state index contributed by atoms with van der Waals surface area (Å²) < 4.78 is 15.6. The summed E-state index contributed by atoms with van der Waals surface area (Å²) in [5.41, 5.74) is 9.89. The third kappa shape index (κ3) is 3.24. The SMILES string of the molecule is CC(C)c1cc(C(CN)c2cccc(F)c2)n(-c2ccccc2)n1. The Kier molecular flexibility index (Phi) is 4.76. The molecule has 0 aliphatic carbocycles. The minimum absolute atomic E-state index is 0.110. The molecule has 124 valence electrons. The number of hydrogen-bond acceptors (Lipinski definition) is 2. The predicted molar refractivity (Wildman–Crippen MR) is 95.0 cm³/mol. The summed E-state index contributed by atoms with van der Waals surface area (Å²) in [6, 6.07) is 18.7. The Morgan fingerprint density at radius 1 is 1.04 bits per heavy atom. The van der Waals surface area contributed by atoms with Gasteiger partial charge in [0.1, 0.15) is 5.82 Å². The first-order valence-corrected chi connectivity index (χ1v) is 8.21. The van der Waals surface area contributed by atoms with E-state index in [1.165, 1.54) is 6.07 Å². The van der Waals surface area contributed by atoms with Crippen LogP contribution in [-0.4, -0.2) is 16.3 Å². The molecule has 4 heteroatoms. The molecule has 0 saturated heterocycles. The van der Waals surface area contributed by atoms with E-state index >= 15 is 0 Å². The van der Waals surface area contributed by atoms with Gasteiger partial charge in [-0.05, 0) is 41.8 Å². The normalized spacial score (nSPS) is 12.5. The zero-order chi connectivity index (χ0) is 17.1. The van der Waals surface area contributed by atoms with Crippen LogP contribution in [0.4, 0.5) is 4.39 Å². The zero-order valence-electron chi connectivity index (χ0n) is 14.0. The number of hydrogen-bond donors (Lipinski definition) is 1. The maximum atomic E-state index is 13.7. The van der Waals surface area contributed by atoms with Crippen molar-refractivity contribution in [3.63, 3.8) is 0 Å². The molecule has 3 nitrogen and oxygen atoms in total. The third-order valence-electron chi connectivity index (χ3n) is 4.19. The molecule has 0 aliphatic heterocycles. The topological polar surface area (TPSA) is 43.8 Å². The van der Waals surface area contributed by atoms with Gasteiger partial charge in [0.25, 0.3) is 0 Å². The summed E-state index contributed by atoms with van der Waals surface area (Å²) in [6.45, 7) is 4.61. The van der Waals surface area contributed by atoms with Crippen molar-refractivity contribution < 1.29 is 4.39 Å². The lowest BCUT2D eigenvalue weighted by Gasteiger charge is -2.17. The quantitative estimate of drug-likeness (QED) is 0.764. The molecule has 2 aromatic carbocycles. The Morgan fingerprint density at radius 3 is 2.42 bits per heavy atom. The molecule has 3 aromatic rings. The summed E-state index contributed by atoms with van der Waals surface area (Å²) in [5, 5.41) is 4.76. The molecule has 2 N–H and O–H groups in total. The molecule has 1 aromatic heterocycles. The molecule has 1 atom stereocenters. The van der Waals surface area contributed by atoms with E-state index in [1.54, 1.807) is 12.1 Å². The van der Waals surface area contributed by atoms with Gasteiger partial charge in [0.2, 0.25) is 0 Å². The fraction of sp³-hybridized carbons (Fsp3) is 0.250. The smallest absolute Gasteiger partial charge is 0.123 e. The molecule has 0 aliphatic rings. The number of aromatic nitrogens is 2. The molecule has 1 heterocycles. The largest absolute Gasteiger partial charge is 0.329 e. The average molecular weight is 323 g/mol. The van der Waals surface area contributed by atoms with Crippen LogP contribution in [0.15, 0.2) is 60.7 Å². The second-order valence-corrected chi connectivity index (χ2v) is 6.24. The van der Waals surface area contributed by atoms with Crippen molar-refractivity contribution in [1.82, 2.24) is 9.78 Å². The Labute approximate surface area is 141 Å². The number of nitrogens with zero attached hydrogens (tertiary/aromatic N) is 2. The van der Waals surface area contributed by atoms with Crippen LogP contribution in [0.1, 0.15) is 42.6 Å². The number of benzene rings is 2. The first-order valence-electron chi connectivity index (χ1n) is 8.21. The molecule has 1 unspecified atom stereocenters. The Morgan fingerprint density at radius 2 is 1.79 bits per heavy atom. The summed E-state index contributed by atoms with van der Waals surface area (Å²) >= 11 is 0. The van der Waals surface area contributed by atoms with Crippen LogP contribution in [0.5, 0.6) is 0 Å². The molecule has 0 bridgehead atoms. The second-order valence-electron chi connectivity index (χ2n) is 6.24. The van der Waals surface area contributed by atoms with Crippen LogP contribution < -0.4 is 5.73 Å². The van der Waals surface area contributed by atoms with Crippen LogP contribution in [-0.2, 0) is 0 Å². The highest BCUT2D eigenvalue weighted by Gasteiger charge is 2.21. The molecular formula is C20H22FN3. The van der Waals surface area contributed by atoms with E-state index in [0.717, 1.165) is 22.6 Å². The molecule has 0 amide bonds. The Hall–Kier alpha value is -2.46. The summed E-state index contributed by atoms with van der Waals surface area (Å²) in [7, 11) is 0. The first kappa shape index (κ1) is 16.4. The van der Waals surface area contributed by atoms with E-state index in [-0.39, 0.29) is 11.7 Å². The van der Waals surface area contributed by atoms with E-state index in [4.69, 9.17) is 10.8 Å². The van der Waals surface area contributed by atoms with Gasteiger partial charge in [0, 0.05) is 12.5 Å². The fourth-order valence-electron chi connectivity index (χ4n) is 2.87. The van der Waals surface area contributed by atoms with Crippen molar-refractivity contribution in [1.29, 1.82) is 0 Å². The highest BCUT2D eigenvalue weighted by molar-refractivity contribution is 5.39. The van der Waals surface area contributed by atoms with E-state index < -0.39 is 0 Å². The monoisotopic (exact) mass is 323 g/mol. The van der Waals surface area contributed by atoms with Crippen LogP contribution >= 0.6 is 0 Å². The van der Waals surface area contributed by atoms with Gasteiger partial charge in [-0.15, -0.1) is 0 Å². The molecule has 0 spiro atoms. The van der Waals surface area contributed by atoms with Crippen molar-refractivity contribution in [3.8, 4) is 5.69 Å². The first-order chi connectivity index (χ1) is 11.6. The number of rotatable bonds is 5. The minimum Gasteiger partial charge on any atom is -0.329 e. The summed E-state index contributed by atoms with van der Waals surface area (Å²) in [4.78, 5) is 0. The predicted octanol–water partition coefficient (Wildman–Crippen LogP) is 4.23. The minimum atomic E-state index is -0.249. The number of halogens is 1. The van der Waals surface area contributed by atoms with Crippen LogP contribution in [0.3, 0.4) is 0 Å². The fourth-order valence-corrected chi connectivity index (χ4v) is 2.87. The lowest BCUT2D eigenvalue weighted by molar-refractivity contribution is 0.621. The van der Waals surface area contributed by atoms with Gasteiger partial charge in [0.15, 0.2) is 0 Å². The third-order valence-corrected chi connectivity index (χ3v) is 4.19. The molecular weight excluding hydrogens is 301 g/mol. The maximum Gasteiger partial charge on any atom is 0.123 e. The van der Waals surface area contributed by atoms with Crippen LogP contribution in [0.25, 0.3) is 5.69 Å². The number of nitrogens with two attached hydrogens (primary N) is 1. The summed E-state index contributed by atoms with van der Waals surface area (Å²) in [5.74, 6) is -0.0543.